The predicted molar refractivity (Wildman–Crippen MR) is 200 cm³/mol. The van der Waals surface area contributed by atoms with E-state index in [1.165, 1.54) is 75.3 Å². The molecule has 232 valence electrons. The quantitative estimate of drug-likeness (QED) is 0.0984. The van der Waals surface area contributed by atoms with Gasteiger partial charge in [0.05, 0.1) is 20.4 Å². The minimum absolute atomic E-state index is 0.843. The van der Waals surface area contributed by atoms with E-state index < -0.39 is 0 Å². The van der Waals surface area contributed by atoms with Gasteiger partial charge in [-0.2, -0.15) is 0 Å². The highest BCUT2D eigenvalue weighted by Gasteiger charge is 2.12. The molecule has 0 aliphatic rings. The van der Waals surface area contributed by atoms with E-state index in [4.69, 9.17) is 9.97 Å². The van der Waals surface area contributed by atoms with E-state index in [0.717, 1.165) is 65.2 Å². The van der Waals surface area contributed by atoms with E-state index in [1.807, 2.05) is 0 Å². The smallest absolute Gasteiger partial charge is 0.168 e. The standard InChI is InChI=1S/C42H42N2S2/c1-3-5-7-9-11-13-31-15-19-33(20-16-31)23-29-39-43-41-35-26-28-38-42(36(35)25-27-37(41)45-39)44-40(46-38)30-24-34-21-17-32(18-22-34)14-12-10-8-6-4-2/h15-22,25-28H,3-14H2,1-2H3. The number of aromatic nitrogens is 2. The highest BCUT2D eigenvalue weighted by atomic mass is 32.1. The molecule has 0 radical (unpaired) electrons. The molecule has 4 aromatic carbocycles. The highest BCUT2D eigenvalue weighted by molar-refractivity contribution is 7.19. The molecular weight excluding hydrogens is 597 g/mol. The summed E-state index contributed by atoms with van der Waals surface area (Å²) in [6, 6.07) is 26.1. The zero-order valence-corrected chi connectivity index (χ0v) is 28.8. The van der Waals surface area contributed by atoms with Crippen LogP contribution in [0, 0.1) is 23.7 Å². The van der Waals surface area contributed by atoms with Gasteiger partial charge < -0.3 is 0 Å². The van der Waals surface area contributed by atoms with Crippen LogP contribution in [-0.4, -0.2) is 9.97 Å². The minimum atomic E-state index is 0.843. The molecule has 2 heterocycles. The lowest BCUT2D eigenvalue weighted by molar-refractivity contribution is 0.632. The zero-order valence-electron chi connectivity index (χ0n) is 27.1. The molecule has 0 saturated carbocycles. The second kappa shape index (κ2) is 16.0. The Balaban J connectivity index is 1.14. The van der Waals surface area contributed by atoms with E-state index in [2.05, 4.69) is 110 Å². The third-order valence-corrected chi connectivity index (χ3v) is 10.5. The molecular formula is C42H42N2S2. The van der Waals surface area contributed by atoms with Crippen LogP contribution in [-0.2, 0) is 12.8 Å². The van der Waals surface area contributed by atoms with Crippen LogP contribution in [0.25, 0.3) is 31.2 Å². The Kier molecular flexibility index (Phi) is 11.2. The first-order valence-electron chi connectivity index (χ1n) is 17.0. The van der Waals surface area contributed by atoms with Crippen molar-refractivity contribution in [1.82, 2.24) is 9.97 Å². The predicted octanol–water partition coefficient (Wildman–Crippen LogP) is 11.9. The molecule has 2 aromatic heterocycles. The lowest BCUT2D eigenvalue weighted by atomic mass is 10.0. The van der Waals surface area contributed by atoms with Crippen LogP contribution in [0.4, 0.5) is 0 Å². The van der Waals surface area contributed by atoms with E-state index in [-0.39, 0.29) is 0 Å². The fourth-order valence-corrected chi connectivity index (χ4v) is 7.59. The van der Waals surface area contributed by atoms with E-state index in [0.29, 0.717) is 0 Å². The largest absolute Gasteiger partial charge is 0.227 e. The molecule has 0 unspecified atom stereocenters. The molecule has 6 rings (SSSR count). The molecule has 0 fully saturated rings. The first kappa shape index (κ1) is 32.0. The van der Waals surface area contributed by atoms with Gasteiger partial charge in [-0.05, 0) is 85.0 Å². The summed E-state index contributed by atoms with van der Waals surface area (Å²) in [5.74, 6) is 13.3. The second-order valence-electron chi connectivity index (χ2n) is 12.2. The average molecular weight is 639 g/mol. The number of nitrogens with zero attached hydrogens (tertiary/aromatic N) is 2. The maximum absolute atomic E-state index is 4.96. The van der Waals surface area contributed by atoms with Gasteiger partial charge in [0.15, 0.2) is 10.0 Å². The third kappa shape index (κ3) is 8.24. The van der Waals surface area contributed by atoms with Gasteiger partial charge in [0.25, 0.3) is 0 Å². The Morgan fingerprint density at radius 1 is 0.457 bits per heavy atom. The molecule has 0 saturated heterocycles. The molecule has 0 spiro atoms. The monoisotopic (exact) mass is 638 g/mol. The summed E-state index contributed by atoms with van der Waals surface area (Å²) in [6.45, 7) is 4.53. The summed E-state index contributed by atoms with van der Waals surface area (Å²) >= 11 is 3.30. The lowest BCUT2D eigenvalue weighted by Gasteiger charge is -2.01. The first-order valence-corrected chi connectivity index (χ1v) is 18.7. The Bertz CT molecular complexity index is 1870. The van der Waals surface area contributed by atoms with Gasteiger partial charge >= 0.3 is 0 Å². The molecule has 46 heavy (non-hydrogen) atoms. The van der Waals surface area contributed by atoms with Crippen LogP contribution in [0.15, 0.2) is 72.8 Å². The molecule has 2 nitrogen and oxygen atoms in total. The molecule has 0 aliphatic heterocycles. The van der Waals surface area contributed by atoms with E-state index in [1.54, 1.807) is 22.7 Å². The maximum Gasteiger partial charge on any atom is 0.168 e. The third-order valence-electron chi connectivity index (χ3n) is 8.58. The van der Waals surface area contributed by atoms with Crippen molar-refractivity contribution in [3.05, 3.63) is 105 Å². The Morgan fingerprint density at radius 3 is 1.28 bits per heavy atom. The second-order valence-corrected chi connectivity index (χ2v) is 14.2. The fraction of sp³-hybridized carbons (Fsp3) is 0.333. The summed E-state index contributed by atoms with van der Waals surface area (Å²) in [6.07, 6.45) is 15.4. The van der Waals surface area contributed by atoms with Crippen molar-refractivity contribution >= 4 is 53.9 Å². The van der Waals surface area contributed by atoms with Crippen molar-refractivity contribution in [2.75, 3.05) is 0 Å². The number of rotatable bonds is 12. The normalized spacial score (nSPS) is 11.1. The van der Waals surface area contributed by atoms with Crippen molar-refractivity contribution in [3.63, 3.8) is 0 Å². The SMILES string of the molecule is CCCCCCCc1ccc(C#Cc2nc3c(ccc4c3ccc3sc(C#Cc5ccc(CCCCCCC)cc5)nc34)s2)cc1. The topological polar surface area (TPSA) is 25.8 Å². The van der Waals surface area contributed by atoms with Crippen molar-refractivity contribution in [3.8, 4) is 23.7 Å². The summed E-state index contributed by atoms with van der Waals surface area (Å²) in [7, 11) is 0. The Hall–Kier alpha value is -3.96. The van der Waals surface area contributed by atoms with Crippen molar-refractivity contribution in [2.45, 2.75) is 90.9 Å². The molecule has 0 amide bonds. The van der Waals surface area contributed by atoms with E-state index >= 15 is 0 Å². The van der Waals surface area contributed by atoms with Gasteiger partial charge in [-0.1, -0.05) is 113 Å². The number of fused-ring (bicyclic) bond motifs is 5. The fourth-order valence-electron chi connectivity index (χ4n) is 5.92. The minimum Gasteiger partial charge on any atom is -0.227 e. The zero-order chi connectivity index (χ0) is 31.6. The van der Waals surface area contributed by atoms with Crippen LogP contribution < -0.4 is 0 Å². The number of thiazole rings is 2. The highest BCUT2D eigenvalue weighted by Crippen LogP contribution is 2.35. The van der Waals surface area contributed by atoms with Crippen molar-refractivity contribution in [1.29, 1.82) is 0 Å². The van der Waals surface area contributed by atoms with Crippen LogP contribution >= 0.6 is 22.7 Å². The first-order chi connectivity index (χ1) is 22.7. The van der Waals surface area contributed by atoms with Crippen LogP contribution in [0.3, 0.4) is 0 Å². The number of benzene rings is 4. The number of hydrogen-bond donors (Lipinski definition) is 0. The van der Waals surface area contributed by atoms with Crippen molar-refractivity contribution < 1.29 is 0 Å². The van der Waals surface area contributed by atoms with E-state index in [9.17, 15) is 0 Å². The van der Waals surface area contributed by atoms with Crippen molar-refractivity contribution in [2.24, 2.45) is 0 Å². The van der Waals surface area contributed by atoms with Gasteiger partial charge in [-0.3, -0.25) is 0 Å². The summed E-state index contributed by atoms with van der Waals surface area (Å²) in [5, 5.41) is 3.92. The number of hydrogen-bond acceptors (Lipinski definition) is 4. The lowest BCUT2D eigenvalue weighted by Crippen LogP contribution is -1.86. The molecule has 0 bridgehead atoms. The Labute approximate surface area is 282 Å². The van der Waals surface area contributed by atoms with Gasteiger partial charge in [0.2, 0.25) is 0 Å². The molecule has 0 atom stereocenters. The Morgan fingerprint density at radius 2 is 0.870 bits per heavy atom. The molecule has 0 aliphatic carbocycles. The summed E-state index contributed by atoms with van der Waals surface area (Å²) in [4.78, 5) is 9.92. The average Bonchev–Trinajstić information content (AvgIpc) is 3.71. The molecule has 0 N–H and O–H groups in total. The maximum atomic E-state index is 4.96. The number of unbranched alkanes of at least 4 members (excludes halogenated alkanes) is 8. The summed E-state index contributed by atoms with van der Waals surface area (Å²) in [5.41, 5.74) is 6.86. The van der Waals surface area contributed by atoms with Gasteiger partial charge in [-0.25, -0.2) is 9.97 Å². The van der Waals surface area contributed by atoms with Gasteiger partial charge in [-0.15, -0.1) is 22.7 Å². The van der Waals surface area contributed by atoms with Gasteiger partial charge in [0.1, 0.15) is 0 Å². The van der Waals surface area contributed by atoms with Gasteiger partial charge in [0, 0.05) is 21.9 Å². The number of aryl methyl sites for hydroxylation is 2. The van der Waals surface area contributed by atoms with Crippen LogP contribution in [0.1, 0.15) is 110 Å². The van der Waals surface area contributed by atoms with Crippen LogP contribution in [0.5, 0.6) is 0 Å². The van der Waals surface area contributed by atoms with Crippen LogP contribution in [0.2, 0.25) is 0 Å². The molecule has 4 heteroatoms. The summed E-state index contributed by atoms with van der Waals surface area (Å²) < 4.78 is 2.29. The molecule has 6 aromatic rings.